The van der Waals surface area contributed by atoms with Crippen LogP contribution in [0.15, 0.2) is 24.3 Å². The molecule has 1 saturated carbocycles. The van der Waals surface area contributed by atoms with Crippen molar-refractivity contribution in [3.63, 3.8) is 0 Å². The Kier molecular flexibility index (Phi) is 4.20. The van der Waals surface area contributed by atoms with E-state index in [0.29, 0.717) is 0 Å². The Morgan fingerprint density at radius 2 is 2.05 bits per heavy atom. The first-order valence-corrected chi connectivity index (χ1v) is 6.70. The molecule has 1 unspecified atom stereocenters. The summed E-state index contributed by atoms with van der Waals surface area (Å²) in [5, 5.41) is 11.7. The Hall–Kier alpha value is -1.84. The number of aliphatic carboxylic acids is 1. The highest BCUT2D eigenvalue weighted by molar-refractivity contribution is 5.85. The van der Waals surface area contributed by atoms with Gasteiger partial charge in [-0.1, -0.05) is 31.2 Å². The number of carbonyl (C=O) groups is 2. The van der Waals surface area contributed by atoms with E-state index in [1.54, 1.807) is 0 Å². The van der Waals surface area contributed by atoms with Crippen molar-refractivity contribution in [1.82, 2.24) is 5.32 Å². The third-order valence-electron chi connectivity index (χ3n) is 3.44. The van der Waals surface area contributed by atoms with Crippen LogP contribution < -0.4 is 5.32 Å². The van der Waals surface area contributed by atoms with Crippen LogP contribution in [-0.4, -0.2) is 23.0 Å². The summed E-state index contributed by atoms with van der Waals surface area (Å²) >= 11 is 0. The van der Waals surface area contributed by atoms with Crippen LogP contribution in [0.25, 0.3) is 0 Å². The molecule has 0 aromatic heterocycles. The first-order valence-electron chi connectivity index (χ1n) is 6.70. The summed E-state index contributed by atoms with van der Waals surface area (Å²) in [7, 11) is 0. The second kappa shape index (κ2) is 5.87. The molecule has 19 heavy (non-hydrogen) atoms. The van der Waals surface area contributed by atoms with Gasteiger partial charge in [0.1, 0.15) is 6.04 Å². The standard InChI is InChI=1S/C15H19NO3/c1-2-10-4-3-5-11(8-10)9-13(17)16-14(15(18)19)12-6-7-12/h3-5,8,12,14H,2,6-7,9H2,1H3,(H,16,17)(H,18,19). The van der Waals surface area contributed by atoms with E-state index in [0.717, 1.165) is 24.8 Å². The molecular formula is C15H19NO3. The Bertz CT molecular complexity index is 480. The predicted octanol–water partition coefficient (Wildman–Crippen LogP) is 1.77. The fourth-order valence-corrected chi connectivity index (χ4v) is 2.18. The van der Waals surface area contributed by atoms with Gasteiger partial charge in [-0.05, 0) is 36.3 Å². The van der Waals surface area contributed by atoms with Crippen LogP contribution in [0.3, 0.4) is 0 Å². The normalized spacial score (nSPS) is 15.8. The van der Waals surface area contributed by atoms with Crippen LogP contribution in [-0.2, 0) is 22.4 Å². The lowest BCUT2D eigenvalue weighted by Gasteiger charge is -2.13. The molecule has 2 N–H and O–H groups in total. The van der Waals surface area contributed by atoms with Gasteiger partial charge in [0.25, 0.3) is 0 Å². The van der Waals surface area contributed by atoms with E-state index in [9.17, 15) is 9.59 Å². The molecule has 1 aliphatic rings. The van der Waals surface area contributed by atoms with Crippen LogP contribution in [0.5, 0.6) is 0 Å². The monoisotopic (exact) mass is 261 g/mol. The Balaban J connectivity index is 1.94. The zero-order valence-electron chi connectivity index (χ0n) is 11.1. The summed E-state index contributed by atoms with van der Waals surface area (Å²) < 4.78 is 0. The first-order chi connectivity index (χ1) is 9.10. The molecule has 0 bridgehead atoms. The van der Waals surface area contributed by atoms with Crippen molar-refractivity contribution in [2.45, 2.75) is 38.6 Å². The zero-order chi connectivity index (χ0) is 13.8. The SMILES string of the molecule is CCc1cccc(CC(=O)NC(C(=O)O)C2CC2)c1. The molecule has 1 aliphatic carbocycles. The van der Waals surface area contributed by atoms with Gasteiger partial charge in [-0.2, -0.15) is 0 Å². The quantitative estimate of drug-likeness (QED) is 0.820. The molecule has 1 amide bonds. The molecule has 0 spiro atoms. The molecule has 1 atom stereocenters. The van der Waals surface area contributed by atoms with Crippen LogP contribution in [0.4, 0.5) is 0 Å². The number of amides is 1. The number of carboxylic acid groups (broad SMARTS) is 1. The van der Waals surface area contributed by atoms with Crippen molar-refractivity contribution in [3.05, 3.63) is 35.4 Å². The molecular weight excluding hydrogens is 242 g/mol. The second-order valence-corrected chi connectivity index (χ2v) is 5.07. The van der Waals surface area contributed by atoms with Crippen molar-refractivity contribution in [2.75, 3.05) is 0 Å². The number of rotatable bonds is 6. The number of carbonyl (C=O) groups excluding carboxylic acids is 1. The van der Waals surface area contributed by atoms with E-state index in [1.807, 2.05) is 24.3 Å². The molecule has 4 nitrogen and oxygen atoms in total. The average molecular weight is 261 g/mol. The van der Waals surface area contributed by atoms with Crippen LogP contribution in [0, 0.1) is 5.92 Å². The average Bonchev–Trinajstić information content (AvgIpc) is 3.20. The maximum absolute atomic E-state index is 11.9. The molecule has 0 radical (unpaired) electrons. The highest BCUT2D eigenvalue weighted by Crippen LogP contribution is 2.32. The maximum Gasteiger partial charge on any atom is 0.326 e. The van der Waals surface area contributed by atoms with E-state index < -0.39 is 12.0 Å². The van der Waals surface area contributed by atoms with Gasteiger partial charge >= 0.3 is 5.97 Å². The lowest BCUT2D eigenvalue weighted by Crippen LogP contribution is -2.43. The number of hydrogen-bond acceptors (Lipinski definition) is 2. The van der Waals surface area contributed by atoms with Gasteiger partial charge in [0, 0.05) is 0 Å². The van der Waals surface area contributed by atoms with E-state index >= 15 is 0 Å². The molecule has 1 fully saturated rings. The summed E-state index contributed by atoms with van der Waals surface area (Å²) in [5.41, 5.74) is 2.11. The van der Waals surface area contributed by atoms with Gasteiger partial charge < -0.3 is 10.4 Å². The lowest BCUT2D eigenvalue weighted by molar-refractivity contribution is -0.142. The van der Waals surface area contributed by atoms with E-state index in [1.165, 1.54) is 5.56 Å². The van der Waals surface area contributed by atoms with Crippen molar-refractivity contribution in [2.24, 2.45) is 5.92 Å². The molecule has 1 aromatic carbocycles. The third kappa shape index (κ3) is 3.81. The highest BCUT2D eigenvalue weighted by Gasteiger charge is 2.37. The van der Waals surface area contributed by atoms with Crippen LogP contribution in [0.1, 0.15) is 30.9 Å². The Morgan fingerprint density at radius 1 is 1.37 bits per heavy atom. The largest absolute Gasteiger partial charge is 0.480 e. The van der Waals surface area contributed by atoms with Crippen molar-refractivity contribution >= 4 is 11.9 Å². The second-order valence-electron chi connectivity index (χ2n) is 5.07. The third-order valence-corrected chi connectivity index (χ3v) is 3.44. The molecule has 1 aromatic rings. The smallest absolute Gasteiger partial charge is 0.326 e. The number of aryl methyl sites for hydroxylation is 1. The number of hydrogen-bond donors (Lipinski definition) is 2. The van der Waals surface area contributed by atoms with Crippen molar-refractivity contribution < 1.29 is 14.7 Å². The number of benzene rings is 1. The predicted molar refractivity (Wildman–Crippen MR) is 71.8 cm³/mol. The van der Waals surface area contributed by atoms with Crippen molar-refractivity contribution in [3.8, 4) is 0 Å². The minimum absolute atomic E-state index is 0.114. The fourth-order valence-electron chi connectivity index (χ4n) is 2.18. The van der Waals surface area contributed by atoms with E-state index in [-0.39, 0.29) is 18.2 Å². The van der Waals surface area contributed by atoms with Gasteiger partial charge in [-0.25, -0.2) is 4.79 Å². The van der Waals surface area contributed by atoms with Gasteiger partial charge in [0.15, 0.2) is 0 Å². The zero-order valence-corrected chi connectivity index (χ0v) is 11.1. The summed E-state index contributed by atoms with van der Waals surface area (Å²) in [6, 6.07) is 7.11. The van der Waals surface area contributed by atoms with Crippen LogP contribution in [0.2, 0.25) is 0 Å². The number of nitrogens with one attached hydrogen (secondary N) is 1. The number of carboxylic acids is 1. The Morgan fingerprint density at radius 3 is 2.63 bits per heavy atom. The maximum atomic E-state index is 11.9. The van der Waals surface area contributed by atoms with E-state index in [4.69, 9.17) is 5.11 Å². The van der Waals surface area contributed by atoms with Gasteiger partial charge in [-0.3, -0.25) is 4.79 Å². The van der Waals surface area contributed by atoms with Gasteiger partial charge in [0.05, 0.1) is 6.42 Å². The molecule has 0 saturated heterocycles. The molecule has 0 heterocycles. The summed E-state index contributed by atoms with van der Waals surface area (Å²) in [6.45, 7) is 2.06. The molecule has 4 heteroatoms. The van der Waals surface area contributed by atoms with Crippen molar-refractivity contribution in [1.29, 1.82) is 0 Å². The topological polar surface area (TPSA) is 66.4 Å². The summed E-state index contributed by atoms with van der Waals surface area (Å²) in [4.78, 5) is 22.9. The summed E-state index contributed by atoms with van der Waals surface area (Å²) in [5.74, 6) is -1.03. The highest BCUT2D eigenvalue weighted by atomic mass is 16.4. The van der Waals surface area contributed by atoms with Crippen LogP contribution >= 0.6 is 0 Å². The van der Waals surface area contributed by atoms with Gasteiger partial charge in [-0.15, -0.1) is 0 Å². The molecule has 102 valence electrons. The summed E-state index contributed by atoms with van der Waals surface area (Å²) in [6.07, 6.45) is 2.95. The Labute approximate surface area is 112 Å². The molecule has 0 aliphatic heterocycles. The molecule has 2 rings (SSSR count). The van der Waals surface area contributed by atoms with Gasteiger partial charge in [0.2, 0.25) is 5.91 Å². The first kappa shape index (κ1) is 13.6. The lowest BCUT2D eigenvalue weighted by atomic mass is 10.1. The fraction of sp³-hybridized carbons (Fsp3) is 0.467. The minimum Gasteiger partial charge on any atom is -0.480 e. The van der Waals surface area contributed by atoms with E-state index in [2.05, 4.69) is 12.2 Å². The minimum atomic E-state index is -0.932.